The van der Waals surface area contributed by atoms with E-state index in [1.165, 1.54) is 19.2 Å². The van der Waals surface area contributed by atoms with Gasteiger partial charge in [0.15, 0.2) is 0 Å². The minimum Gasteiger partial charge on any atom is -0.453 e. The van der Waals surface area contributed by atoms with E-state index in [1.54, 1.807) is 29.2 Å². The number of aliphatic hydroxyl groups is 1. The van der Waals surface area contributed by atoms with Crippen molar-refractivity contribution in [3.63, 3.8) is 0 Å². The Morgan fingerprint density at radius 3 is 2.60 bits per heavy atom. The molecule has 1 aliphatic carbocycles. The maximum absolute atomic E-state index is 13.2. The lowest BCUT2D eigenvalue weighted by molar-refractivity contribution is -0.161. The molecule has 0 spiro atoms. The lowest BCUT2D eigenvalue weighted by Gasteiger charge is -2.30. The Balaban J connectivity index is 0.00000210. The molecule has 1 amide bonds. The summed E-state index contributed by atoms with van der Waals surface area (Å²) in [5, 5.41) is 18.3. The number of halogens is 4. The summed E-state index contributed by atoms with van der Waals surface area (Å²) in [6.45, 7) is 2.56. The van der Waals surface area contributed by atoms with Gasteiger partial charge in [-0.25, -0.2) is 0 Å². The van der Waals surface area contributed by atoms with Gasteiger partial charge in [-0.15, -0.1) is 0 Å². The van der Waals surface area contributed by atoms with Crippen molar-refractivity contribution >= 4 is 24.3 Å². The van der Waals surface area contributed by atoms with Gasteiger partial charge in [-0.3, -0.25) is 4.79 Å². The van der Waals surface area contributed by atoms with Crippen molar-refractivity contribution in [2.24, 2.45) is 5.92 Å². The molecule has 2 atom stereocenters. The number of likely N-dealkylation sites (N-methyl/N-ethyl adjacent to an activating group) is 1. The Labute approximate surface area is 206 Å². The molecule has 8 nitrogen and oxygen atoms in total. The lowest BCUT2D eigenvalue weighted by atomic mass is 9.99. The average Bonchev–Trinajstić information content (AvgIpc) is 3.17. The number of alkyl halides is 3. The van der Waals surface area contributed by atoms with Crippen LogP contribution < -0.4 is 16.0 Å². The Hall–Kier alpha value is -3.18. The summed E-state index contributed by atoms with van der Waals surface area (Å²) in [5.74, 6) is -1.64. The molecule has 0 saturated carbocycles. The highest BCUT2D eigenvalue weighted by molar-refractivity contribution is 6.30. The van der Waals surface area contributed by atoms with Gasteiger partial charge in [-0.05, 0) is 42.7 Å². The summed E-state index contributed by atoms with van der Waals surface area (Å²) in [7, 11) is 1.48. The van der Waals surface area contributed by atoms with Gasteiger partial charge in [0.2, 0.25) is 0 Å². The van der Waals surface area contributed by atoms with Crippen molar-refractivity contribution in [1.82, 2.24) is 20.9 Å². The zero-order chi connectivity index (χ0) is 26.0. The summed E-state index contributed by atoms with van der Waals surface area (Å²) >= 11 is 5.97. The van der Waals surface area contributed by atoms with E-state index >= 15 is 0 Å². The predicted octanol–water partition coefficient (Wildman–Crippen LogP) is 2.77. The van der Waals surface area contributed by atoms with Crippen molar-refractivity contribution < 1.29 is 32.6 Å². The Kier molecular flexibility index (Phi) is 10.5. The Morgan fingerprint density at radius 1 is 1.31 bits per heavy atom. The largest absolute Gasteiger partial charge is 0.453 e. The van der Waals surface area contributed by atoms with Crippen molar-refractivity contribution in [2.45, 2.75) is 31.9 Å². The second-order valence-corrected chi connectivity index (χ2v) is 7.97. The molecule has 0 aromatic heterocycles. The molecule has 4 N–H and O–H groups in total. The smallest absolute Gasteiger partial charge is 0.395 e. The van der Waals surface area contributed by atoms with E-state index in [4.69, 9.17) is 26.2 Å². The summed E-state index contributed by atoms with van der Waals surface area (Å²) in [5.41, 5.74) is 1.05. The highest BCUT2D eigenvalue weighted by Gasteiger charge is 2.40. The molecule has 2 unspecified atom stereocenters. The second-order valence-electron chi connectivity index (χ2n) is 7.53. The monoisotopic (exact) mass is 516 g/mol. The van der Waals surface area contributed by atoms with Crippen molar-refractivity contribution in [3.8, 4) is 0 Å². The first-order valence-electron chi connectivity index (χ1n) is 10.7. The van der Waals surface area contributed by atoms with Gasteiger partial charge < -0.3 is 35.5 Å². The maximum atomic E-state index is 13.2. The van der Waals surface area contributed by atoms with Crippen LogP contribution in [0.1, 0.15) is 18.4 Å². The van der Waals surface area contributed by atoms with Gasteiger partial charge in [-0.2, -0.15) is 13.2 Å². The SMILES string of the molecule is C=O.CNC(=O)C1=C(NCCCO)NC(OC2=CC(C(F)(F)F)CC=C2)N1Cc1ccc(Cl)cc1. The van der Waals surface area contributed by atoms with Crippen molar-refractivity contribution in [3.05, 3.63) is 70.4 Å². The van der Waals surface area contributed by atoms with Crippen LogP contribution in [0, 0.1) is 5.92 Å². The van der Waals surface area contributed by atoms with Gasteiger partial charge in [-0.1, -0.05) is 29.8 Å². The number of nitrogens with one attached hydrogen (secondary N) is 3. The van der Waals surface area contributed by atoms with Crippen LogP contribution in [0.3, 0.4) is 0 Å². The van der Waals surface area contributed by atoms with Gasteiger partial charge in [0.05, 0.1) is 5.92 Å². The first kappa shape index (κ1) is 28.1. The number of hydrogen-bond acceptors (Lipinski definition) is 7. The quantitative estimate of drug-likeness (QED) is 0.374. The fraction of sp³-hybridized carbons (Fsp3) is 0.391. The number of nitrogens with zero attached hydrogens (tertiary/aromatic N) is 1. The third-order valence-corrected chi connectivity index (χ3v) is 5.38. The minimum absolute atomic E-state index is 0.0412. The number of carbonyl (C=O) groups is 2. The van der Waals surface area contributed by atoms with Crippen LogP contribution in [0.2, 0.25) is 5.02 Å². The number of aliphatic hydroxyl groups excluding tert-OH is 1. The molecule has 1 aromatic rings. The first-order chi connectivity index (χ1) is 16.7. The van der Waals surface area contributed by atoms with E-state index in [0.29, 0.717) is 23.8 Å². The van der Waals surface area contributed by atoms with Crippen LogP contribution >= 0.6 is 11.6 Å². The molecule has 35 heavy (non-hydrogen) atoms. The van der Waals surface area contributed by atoms with Crippen LogP contribution in [-0.2, 0) is 20.9 Å². The first-order valence-corrected chi connectivity index (χ1v) is 11.1. The predicted molar refractivity (Wildman–Crippen MR) is 124 cm³/mol. The molecule has 0 fully saturated rings. The van der Waals surface area contributed by atoms with Crippen LogP contribution in [0.15, 0.2) is 59.8 Å². The molecule has 0 radical (unpaired) electrons. The van der Waals surface area contributed by atoms with E-state index < -0.39 is 24.4 Å². The Bertz CT molecular complexity index is 951. The molecule has 1 aliphatic heterocycles. The molecule has 192 valence electrons. The normalized spacial score (nSPS) is 19.4. The summed E-state index contributed by atoms with van der Waals surface area (Å²) in [4.78, 5) is 22.4. The molecule has 3 rings (SSSR count). The molecule has 1 aromatic carbocycles. The summed E-state index contributed by atoms with van der Waals surface area (Å²) in [6.07, 6.45) is -1.10. The van der Waals surface area contributed by atoms with Crippen LogP contribution in [0.25, 0.3) is 0 Å². The molecule has 12 heteroatoms. The maximum Gasteiger partial charge on any atom is 0.395 e. The Morgan fingerprint density at radius 2 is 2.00 bits per heavy atom. The van der Waals surface area contributed by atoms with Gasteiger partial charge in [0, 0.05) is 31.8 Å². The highest BCUT2D eigenvalue weighted by atomic mass is 35.5. The zero-order valence-corrected chi connectivity index (χ0v) is 19.8. The van der Waals surface area contributed by atoms with Crippen LogP contribution in [-0.4, -0.2) is 55.4 Å². The van der Waals surface area contributed by atoms with Crippen LogP contribution in [0.5, 0.6) is 0 Å². The number of rotatable bonds is 9. The number of allylic oxidation sites excluding steroid dienone is 3. The topological polar surface area (TPSA) is 103 Å². The number of benzene rings is 1. The summed E-state index contributed by atoms with van der Waals surface area (Å²) in [6, 6.07) is 7.00. The number of amides is 1. The molecule has 0 bridgehead atoms. The third kappa shape index (κ3) is 7.66. The second kappa shape index (κ2) is 13.1. The number of ether oxygens (including phenoxy) is 1. The van der Waals surface area contributed by atoms with Gasteiger partial charge in [0.1, 0.15) is 24.1 Å². The molecule has 1 heterocycles. The molecular weight excluding hydrogens is 489 g/mol. The zero-order valence-electron chi connectivity index (χ0n) is 19.1. The van der Waals surface area contributed by atoms with Gasteiger partial charge in [0.25, 0.3) is 12.3 Å². The minimum atomic E-state index is -4.38. The highest BCUT2D eigenvalue weighted by Crippen LogP contribution is 2.34. The van der Waals surface area contributed by atoms with Crippen molar-refractivity contribution in [2.75, 3.05) is 20.2 Å². The van der Waals surface area contributed by atoms with E-state index in [0.717, 1.165) is 11.6 Å². The molecule has 0 saturated heterocycles. The van der Waals surface area contributed by atoms with Crippen LogP contribution in [0.4, 0.5) is 13.2 Å². The van der Waals surface area contributed by atoms with E-state index in [1.807, 2.05) is 6.79 Å². The lowest BCUT2D eigenvalue weighted by Crippen LogP contribution is -2.42. The van der Waals surface area contributed by atoms with Crippen molar-refractivity contribution in [1.29, 1.82) is 0 Å². The molecular formula is C23H28ClF3N4O4. The summed E-state index contributed by atoms with van der Waals surface area (Å²) < 4.78 is 45.5. The van der Waals surface area contributed by atoms with Gasteiger partial charge >= 0.3 is 6.18 Å². The van der Waals surface area contributed by atoms with E-state index in [-0.39, 0.29) is 31.0 Å². The number of carbonyl (C=O) groups excluding carboxylic acids is 2. The standard InChI is InChI=1S/C22H26ClF3N4O3.CH2O/c1-27-20(32)18-19(28-10-3-11-31)29-21(30(18)13-14-6-8-16(23)9-7-14)33-17-5-2-4-15(12-17)22(24,25)26;1-2/h2,5-9,12,15,21,28-29,31H,3-4,10-11,13H2,1H3,(H,27,32);1H2. The van der Waals surface area contributed by atoms with E-state index in [9.17, 15) is 18.0 Å². The third-order valence-electron chi connectivity index (χ3n) is 5.13. The fourth-order valence-corrected chi connectivity index (χ4v) is 3.58. The number of hydrogen-bond donors (Lipinski definition) is 4. The average molecular weight is 517 g/mol. The van der Waals surface area contributed by atoms with E-state index in [2.05, 4.69) is 16.0 Å². The molecule has 2 aliphatic rings. The fourth-order valence-electron chi connectivity index (χ4n) is 3.45.